The molecule has 0 heterocycles. The Balaban J connectivity index is 2.32. The summed E-state index contributed by atoms with van der Waals surface area (Å²) in [6, 6.07) is 4.73. The minimum Gasteiger partial charge on any atom is -0.497 e. The second-order valence-electron chi connectivity index (χ2n) is 5.84. The minimum absolute atomic E-state index is 0.0676. The van der Waals surface area contributed by atoms with Crippen LogP contribution >= 0.6 is 0 Å². The van der Waals surface area contributed by atoms with Crippen LogP contribution in [0.5, 0.6) is 5.75 Å². The second kappa shape index (κ2) is 6.16. The molecule has 0 saturated heterocycles. The molecule has 0 spiro atoms. The second-order valence-corrected chi connectivity index (χ2v) is 5.84. The summed E-state index contributed by atoms with van der Waals surface area (Å²) >= 11 is 0. The fraction of sp³-hybridized carbons (Fsp3) is 0.500. The number of methoxy groups -OCH3 is 1. The van der Waals surface area contributed by atoms with E-state index in [0.29, 0.717) is 29.8 Å². The van der Waals surface area contributed by atoms with E-state index in [1.165, 1.54) is 19.2 Å². The number of carbonyl (C=O) groups is 2. The number of carbonyl (C=O) groups excluding carboxylic acids is 1. The zero-order valence-corrected chi connectivity index (χ0v) is 12.6. The van der Waals surface area contributed by atoms with Crippen molar-refractivity contribution in [3.63, 3.8) is 0 Å². The van der Waals surface area contributed by atoms with Crippen molar-refractivity contribution in [3.05, 3.63) is 29.3 Å². The van der Waals surface area contributed by atoms with Gasteiger partial charge in [0.15, 0.2) is 0 Å². The molecule has 1 aliphatic rings. The predicted octanol–water partition coefficient (Wildman–Crippen LogP) is 2.65. The fourth-order valence-corrected chi connectivity index (χ4v) is 2.31. The van der Waals surface area contributed by atoms with Gasteiger partial charge in [-0.1, -0.05) is 13.8 Å². The molecule has 2 rings (SSSR count). The first-order valence-electron chi connectivity index (χ1n) is 7.15. The molecule has 1 fully saturated rings. The van der Waals surface area contributed by atoms with Crippen LogP contribution in [-0.2, 0) is 0 Å². The van der Waals surface area contributed by atoms with Crippen molar-refractivity contribution < 1.29 is 19.4 Å². The number of aromatic carboxylic acids is 1. The van der Waals surface area contributed by atoms with E-state index in [1.807, 2.05) is 4.90 Å². The van der Waals surface area contributed by atoms with E-state index in [9.17, 15) is 9.59 Å². The van der Waals surface area contributed by atoms with Gasteiger partial charge in [0.05, 0.1) is 12.7 Å². The first-order chi connectivity index (χ1) is 9.92. The average Bonchev–Trinajstić information content (AvgIpc) is 3.27. The van der Waals surface area contributed by atoms with Crippen molar-refractivity contribution >= 4 is 11.9 Å². The van der Waals surface area contributed by atoms with Crippen LogP contribution in [0, 0.1) is 5.92 Å². The molecule has 5 heteroatoms. The number of hydrogen-bond acceptors (Lipinski definition) is 3. The number of rotatable bonds is 6. The van der Waals surface area contributed by atoms with Gasteiger partial charge in [-0.15, -0.1) is 0 Å². The summed E-state index contributed by atoms with van der Waals surface area (Å²) < 4.78 is 5.10. The molecule has 1 aromatic carbocycles. The molecule has 0 unspecified atom stereocenters. The number of amides is 1. The highest BCUT2D eigenvalue weighted by molar-refractivity contribution is 5.98. The highest BCUT2D eigenvalue weighted by Gasteiger charge is 2.33. The Hall–Kier alpha value is -2.04. The number of nitrogens with zero attached hydrogens (tertiary/aromatic N) is 1. The zero-order chi connectivity index (χ0) is 15.6. The maximum atomic E-state index is 12.7. The number of ether oxygens (including phenoxy) is 1. The van der Waals surface area contributed by atoms with Gasteiger partial charge in [-0.3, -0.25) is 4.79 Å². The largest absolute Gasteiger partial charge is 0.497 e. The van der Waals surface area contributed by atoms with Crippen LogP contribution in [0.2, 0.25) is 0 Å². The average molecular weight is 291 g/mol. The van der Waals surface area contributed by atoms with Gasteiger partial charge in [-0.2, -0.15) is 0 Å². The number of benzene rings is 1. The van der Waals surface area contributed by atoms with Crippen molar-refractivity contribution in [2.24, 2.45) is 5.92 Å². The molecule has 114 valence electrons. The van der Waals surface area contributed by atoms with Crippen molar-refractivity contribution in [3.8, 4) is 5.75 Å². The van der Waals surface area contributed by atoms with Crippen molar-refractivity contribution in [1.29, 1.82) is 0 Å². The quantitative estimate of drug-likeness (QED) is 0.875. The van der Waals surface area contributed by atoms with E-state index in [1.54, 1.807) is 6.07 Å². The lowest BCUT2D eigenvalue weighted by Gasteiger charge is -2.24. The van der Waals surface area contributed by atoms with Gasteiger partial charge in [0, 0.05) is 18.2 Å². The number of hydrogen-bond donors (Lipinski definition) is 1. The summed E-state index contributed by atoms with van der Waals surface area (Å²) in [7, 11) is 1.46. The van der Waals surface area contributed by atoms with E-state index in [2.05, 4.69) is 13.8 Å². The molecule has 0 bridgehead atoms. The molecule has 1 saturated carbocycles. The molecule has 1 amide bonds. The third-order valence-corrected chi connectivity index (χ3v) is 3.45. The summed E-state index contributed by atoms with van der Waals surface area (Å²) in [5.41, 5.74) is 0.442. The van der Waals surface area contributed by atoms with Gasteiger partial charge in [-0.05, 0) is 37.0 Å². The Morgan fingerprint density at radius 2 is 1.90 bits per heavy atom. The summed E-state index contributed by atoms with van der Waals surface area (Å²) in [6.45, 7) is 4.82. The first-order valence-corrected chi connectivity index (χ1v) is 7.15. The maximum absolute atomic E-state index is 12.7. The zero-order valence-electron chi connectivity index (χ0n) is 12.6. The van der Waals surface area contributed by atoms with Crippen LogP contribution in [0.1, 0.15) is 47.4 Å². The van der Waals surface area contributed by atoms with Gasteiger partial charge in [-0.25, -0.2) is 4.79 Å². The Morgan fingerprint density at radius 1 is 1.29 bits per heavy atom. The van der Waals surface area contributed by atoms with Gasteiger partial charge >= 0.3 is 5.97 Å². The smallest absolute Gasteiger partial charge is 0.335 e. The van der Waals surface area contributed by atoms with Crippen LogP contribution in [0.4, 0.5) is 0 Å². The van der Waals surface area contributed by atoms with E-state index >= 15 is 0 Å². The fourth-order valence-electron chi connectivity index (χ4n) is 2.31. The van der Waals surface area contributed by atoms with Crippen LogP contribution in [-0.4, -0.2) is 41.6 Å². The maximum Gasteiger partial charge on any atom is 0.335 e. The normalized spacial score (nSPS) is 14.1. The Labute approximate surface area is 124 Å². The van der Waals surface area contributed by atoms with Gasteiger partial charge < -0.3 is 14.7 Å². The molecule has 1 N–H and O–H groups in total. The van der Waals surface area contributed by atoms with E-state index in [4.69, 9.17) is 9.84 Å². The van der Waals surface area contributed by atoms with Crippen LogP contribution in [0.25, 0.3) is 0 Å². The van der Waals surface area contributed by atoms with Crippen molar-refractivity contribution in [1.82, 2.24) is 4.90 Å². The van der Waals surface area contributed by atoms with E-state index < -0.39 is 5.97 Å². The van der Waals surface area contributed by atoms with Gasteiger partial charge in [0.1, 0.15) is 5.75 Å². The van der Waals surface area contributed by atoms with E-state index in [-0.39, 0.29) is 11.5 Å². The van der Waals surface area contributed by atoms with Crippen LogP contribution in [0.15, 0.2) is 18.2 Å². The predicted molar refractivity (Wildman–Crippen MR) is 78.8 cm³/mol. The van der Waals surface area contributed by atoms with Gasteiger partial charge in [0.25, 0.3) is 5.91 Å². The molecule has 0 aliphatic heterocycles. The number of carboxylic acid groups (broad SMARTS) is 1. The summed E-state index contributed by atoms with van der Waals surface area (Å²) in [5.74, 6) is -0.421. The molecule has 21 heavy (non-hydrogen) atoms. The molecule has 5 nitrogen and oxygen atoms in total. The SMILES string of the molecule is COc1cc(C(=O)O)cc(C(=O)N(CC(C)C)C2CC2)c1. The Bertz CT molecular complexity index is 549. The minimum atomic E-state index is -1.07. The lowest BCUT2D eigenvalue weighted by atomic mass is 10.1. The Morgan fingerprint density at radius 3 is 2.38 bits per heavy atom. The summed E-state index contributed by atoms with van der Waals surface area (Å²) in [6.07, 6.45) is 2.04. The third kappa shape index (κ3) is 3.74. The highest BCUT2D eigenvalue weighted by atomic mass is 16.5. The lowest BCUT2D eigenvalue weighted by Crippen LogP contribution is -2.36. The molecule has 0 atom stereocenters. The standard InChI is InChI=1S/C16H21NO4/c1-10(2)9-17(13-4-5-13)15(18)11-6-12(16(19)20)8-14(7-11)21-3/h6-8,10,13H,4-5,9H2,1-3H3,(H,19,20). The molecular formula is C16H21NO4. The molecular weight excluding hydrogens is 270 g/mol. The van der Waals surface area contributed by atoms with Crippen molar-refractivity contribution in [2.45, 2.75) is 32.7 Å². The Kier molecular flexibility index (Phi) is 4.50. The third-order valence-electron chi connectivity index (χ3n) is 3.45. The van der Waals surface area contributed by atoms with E-state index in [0.717, 1.165) is 12.8 Å². The van der Waals surface area contributed by atoms with Gasteiger partial charge in [0.2, 0.25) is 0 Å². The van der Waals surface area contributed by atoms with Crippen LogP contribution < -0.4 is 4.74 Å². The summed E-state index contributed by atoms with van der Waals surface area (Å²) in [5, 5.41) is 9.14. The number of carboxylic acids is 1. The molecule has 0 aromatic heterocycles. The molecule has 1 aromatic rings. The highest BCUT2D eigenvalue weighted by Crippen LogP contribution is 2.30. The lowest BCUT2D eigenvalue weighted by molar-refractivity contribution is 0.0696. The first kappa shape index (κ1) is 15.4. The topological polar surface area (TPSA) is 66.8 Å². The summed E-state index contributed by atoms with van der Waals surface area (Å²) in [4.78, 5) is 25.7. The van der Waals surface area contributed by atoms with Crippen molar-refractivity contribution in [2.75, 3.05) is 13.7 Å². The monoisotopic (exact) mass is 291 g/mol. The van der Waals surface area contributed by atoms with Crippen LogP contribution in [0.3, 0.4) is 0 Å². The molecule has 0 radical (unpaired) electrons. The molecule has 1 aliphatic carbocycles.